The summed E-state index contributed by atoms with van der Waals surface area (Å²) in [4.78, 5) is 12.5. The highest BCUT2D eigenvalue weighted by Gasteiger charge is 2.15. The molecule has 0 saturated heterocycles. The third kappa shape index (κ3) is 4.25. The first-order valence-electron chi connectivity index (χ1n) is 8.93. The van der Waals surface area contributed by atoms with Crippen molar-refractivity contribution in [2.45, 2.75) is 13.5 Å². The van der Waals surface area contributed by atoms with E-state index in [0.717, 1.165) is 16.9 Å². The number of para-hydroxylation sites is 1. The fraction of sp³-hybridized carbons (Fsp3) is 0.238. The van der Waals surface area contributed by atoms with Crippen LogP contribution in [0.3, 0.4) is 0 Å². The average molecular weight is 381 g/mol. The molecule has 28 heavy (non-hydrogen) atoms. The van der Waals surface area contributed by atoms with Gasteiger partial charge in [-0.3, -0.25) is 9.89 Å². The standard InChI is InChI=1S/C21H23N3O4/c1-4-28-19-8-6-5-7-14(19)13-22-21(25)18-12-17(23-24-18)16-10-9-15(26-2)11-20(16)27-3/h5-12H,4,13H2,1-3H3,(H,22,25)(H,23,24). The average Bonchev–Trinajstić information content (AvgIpc) is 3.22. The number of hydrogen-bond acceptors (Lipinski definition) is 5. The summed E-state index contributed by atoms with van der Waals surface area (Å²) in [7, 11) is 3.17. The van der Waals surface area contributed by atoms with Crippen LogP contribution in [-0.4, -0.2) is 36.9 Å². The molecule has 2 N–H and O–H groups in total. The normalized spacial score (nSPS) is 10.4. The molecule has 0 unspecified atom stereocenters. The number of methoxy groups -OCH3 is 2. The number of carbonyl (C=O) groups excluding carboxylic acids is 1. The lowest BCUT2D eigenvalue weighted by molar-refractivity contribution is 0.0945. The zero-order valence-electron chi connectivity index (χ0n) is 16.1. The summed E-state index contributed by atoms with van der Waals surface area (Å²) in [6, 6.07) is 14.7. The predicted molar refractivity (Wildman–Crippen MR) is 106 cm³/mol. The fourth-order valence-corrected chi connectivity index (χ4v) is 2.80. The van der Waals surface area contributed by atoms with Gasteiger partial charge in [0.2, 0.25) is 0 Å². The Morgan fingerprint density at radius 2 is 1.89 bits per heavy atom. The number of nitrogens with one attached hydrogen (secondary N) is 2. The second-order valence-corrected chi connectivity index (χ2v) is 5.96. The summed E-state index contributed by atoms with van der Waals surface area (Å²) < 4.78 is 16.2. The maximum atomic E-state index is 12.5. The quantitative estimate of drug-likeness (QED) is 0.624. The predicted octanol–water partition coefficient (Wildman–Crippen LogP) is 3.42. The number of ether oxygens (including phenoxy) is 3. The van der Waals surface area contributed by atoms with Gasteiger partial charge in [-0.2, -0.15) is 5.10 Å². The molecule has 0 aliphatic heterocycles. The van der Waals surface area contributed by atoms with Crippen LogP contribution in [0.5, 0.6) is 17.2 Å². The maximum absolute atomic E-state index is 12.5. The number of aromatic nitrogens is 2. The Labute approximate surface area is 163 Å². The first-order valence-corrected chi connectivity index (χ1v) is 8.93. The van der Waals surface area contributed by atoms with Crippen molar-refractivity contribution in [1.29, 1.82) is 0 Å². The van der Waals surface area contributed by atoms with Gasteiger partial charge in [0.1, 0.15) is 22.9 Å². The highest BCUT2D eigenvalue weighted by atomic mass is 16.5. The molecule has 1 amide bonds. The molecular formula is C21H23N3O4. The van der Waals surface area contributed by atoms with Crippen LogP contribution in [0.4, 0.5) is 0 Å². The molecule has 2 aromatic carbocycles. The second kappa shape index (κ2) is 8.94. The molecule has 1 aromatic heterocycles. The smallest absolute Gasteiger partial charge is 0.269 e. The van der Waals surface area contributed by atoms with Gasteiger partial charge in [0.25, 0.3) is 5.91 Å². The van der Waals surface area contributed by atoms with Crippen LogP contribution in [0, 0.1) is 0 Å². The molecule has 0 fully saturated rings. The van der Waals surface area contributed by atoms with E-state index in [0.29, 0.717) is 36.0 Å². The van der Waals surface area contributed by atoms with Gasteiger partial charge in [0, 0.05) is 23.7 Å². The fourth-order valence-electron chi connectivity index (χ4n) is 2.80. The molecule has 0 aliphatic rings. The Morgan fingerprint density at radius 1 is 1.07 bits per heavy atom. The number of carbonyl (C=O) groups is 1. The Kier molecular flexibility index (Phi) is 6.16. The third-order valence-electron chi connectivity index (χ3n) is 4.22. The van der Waals surface area contributed by atoms with Crippen molar-refractivity contribution >= 4 is 5.91 Å². The van der Waals surface area contributed by atoms with Gasteiger partial charge in [-0.1, -0.05) is 18.2 Å². The van der Waals surface area contributed by atoms with Gasteiger partial charge in [-0.15, -0.1) is 0 Å². The van der Waals surface area contributed by atoms with E-state index in [9.17, 15) is 4.79 Å². The lowest BCUT2D eigenvalue weighted by atomic mass is 10.1. The summed E-state index contributed by atoms with van der Waals surface area (Å²) in [5, 5.41) is 9.91. The van der Waals surface area contributed by atoms with Crippen LogP contribution in [0.15, 0.2) is 48.5 Å². The van der Waals surface area contributed by atoms with Crippen LogP contribution < -0.4 is 19.5 Å². The van der Waals surface area contributed by atoms with Gasteiger partial charge < -0.3 is 19.5 Å². The zero-order valence-corrected chi connectivity index (χ0v) is 16.1. The van der Waals surface area contributed by atoms with E-state index in [-0.39, 0.29) is 5.91 Å². The number of rotatable bonds is 8. The molecule has 0 spiro atoms. The van der Waals surface area contributed by atoms with Crippen LogP contribution in [0.25, 0.3) is 11.3 Å². The molecule has 0 atom stereocenters. The van der Waals surface area contributed by atoms with Crippen molar-refractivity contribution < 1.29 is 19.0 Å². The van der Waals surface area contributed by atoms with Gasteiger partial charge in [-0.25, -0.2) is 0 Å². The molecule has 7 heteroatoms. The van der Waals surface area contributed by atoms with Crippen molar-refractivity contribution in [2.75, 3.05) is 20.8 Å². The van der Waals surface area contributed by atoms with Crippen LogP contribution in [0.1, 0.15) is 23.0 Å². The number of H-pyrrole nitrogens is 1. The minimum Gasteiger partial charge on any atom is -0.497 e. The molecule has 0 aliphatic carbocycles. The number of amides is 1. The van der Waals surface area contributed by atoms with E-state index in [4.69, 9.17) is 14.2 Å². The number of aromatic amines is 1. The van der Waals surface area contributed by atoms with Crippen molar-refractivity contribution in [3.63, 3.8) is 0 Å². The van der Waals surface area contributed by atoms with Crippen LogP contribution in [-0.2, 0) is 6.54 Å². The molecular weight excluding hydrogens is 358 g/mol. The Bertz CT molecular complexity index is 952. The van der Waals surface area contributed by atoms with E-state index >= 15 is 0 Å². The van der Waals surface area contributed by atoms with Gasteiger partial charge >= 0.3 is 0 Å². The summed E-state index contributed by atoms with van der Waals surface area (Å²) in [5.74, 6) is 1.81. The molecule has 3 aromatic rings. The monoisotopic (exact) mass is 381 g/mol. The van der Waals surface area contributed by atoms with Crippen LogP contribution >= 0.6 is 0 Å². The minimum atomic E-state index is -0.252. The highest BCUT2D eigenvalue weighted by molar-refractivity contribution is 5.93. The molecule has 0 radical (unpaired) electrons. The molecule has 7 nitrogen and oxygen atoms in total. The maximum Gasteiger partial charge on any atom is 0.269 e. The first kappa shape index (κ1) is 19.3. The molecule has 1 heterocycles. The third-order valence-corrected chi connectivity index (χ3v) is 4.22. The SMILES string of the molecule is CCOc1ccccc1CNC(=O)c1cc(-c2ccc(OC)cc2OC)n[nH]1. The largest absolute Gasteiger partial charge is 0.497 e. The van der Waals surface area contributed by atoms with Crippen LogP contribution in [0.2, 0.25) is 0 Å². The summed E-state index contributed by atoms with van der Waals surface area (Å²) in [5.41, 5.74) is 2.65. The van der Waals surface area contributed by atoms with Crippen molar-refractivity contribution in [2.24, 2.45) is 0 Å². The molecule has 3 rings (SSSR count). The first-order chi connectivity index (χ1) is 13.7. The van der Waals surface area contributed by atoms with Crippen molar-refractivity contribution in [3.8, 4) is 28.5 Å². The van der Waals surface area contributed by atoms with Crippen molar-refractivity contribution in [1.82, 2.24) is 15.5 Å². The Balaban J connectivity index is 1.73. The summed E-state index contributed by atoms with van der Waals surface area (Å²) in [6.07, 6.45) is 0. The van der Waals surface area contributed by atoms with Crippen molar-refractivity contribution in [3.05, 3.63) is 59.8 Å². The number of nitrogens with zero attached hydrogens (tertiary/aromatic N) is 1. The topological polar surface area (TPSA) is 85.5 Å². The molecule has 146 valence electrons. The van der Waals surface area contributed by atoms with E-state index in [1.165, 1.54) is 0 Å². The van der Waals surface area contributed by atoms with Gasteiger partial charge in [0.15, 0.2) is 0 Å². The summed E-state index contributed by atoms with van der Waals surface area (Å²) in [6.45, 7) is 2.85. The highest BCUT2D eigenvalue weighted by Crippen LogP contribution is 2.32. The Hall–Kier alpha value is -3.48. The second-order valence-electron chi connectivity index (χ2n) is 5.96. The minimum absolute atomic E-state index is 0.252. The van der Waals surface area contributed by atoms with E-state index in [2.05, 4.69) is 15.5 Å². The Morgan fingerprint density at radius 3 is 2.64 bits per heavy atom. The van der Waals surface area contributed by atoms with E-state index < -0.39 is 0 Å². The summed E-state index contributed by atoms with van der Waals surface area (Å²) >= 11 is 0. The molecule has 0 saturated carbocycles. The van der Waals surface area contributed by atoms with E-state index in [1.54, 1.807) is 26.4 Å². The number of benzene rings is 2. The molecule has 0 bridgehead atoms. The van der Waals surface area contributed by atoms with Gasteiger partial charge in [0.05, 0.1) is 26.5 Å². The number of hydrogen-bond donors (Lipinski definition) is 2. The van der Waals surface area contributed by atoms with Gasteiger partial charge in [-0.05, 0) is 31.2 Å². The lowest BCUT2D eigenvalue weighted by Crippen LogP contribution is -2.23. The lowest BCUT2D eigenvalue weighted by Gasteiger charge is -2.10. The van der Waals surface area contributed by atoms with E-state index in [1.807, 2.05) is 43.3 Å². The zero-order chi connectivity index (χ0) is 19.9.